The molecule has 2 aliphatic rings. The number of carbonyl (C=O) groups excluding carboxylic acids is 3. The molecule has 0 spiro atoms. The zero-order valence-corrected chi connectivity index (χ0v) is 19.5. The molecule has 0 saturated heterocycles. The number of hydrogen-bond acceptors (Lipinski definition) is 7. The molecule has 9 nitrogen and oxygen atoms in total. The average molecular weight is 464 g/mol. The number of amides is 2. The monoisotopic (exact) mass is 464 g/mol. The maximum Gasteiger partial charge on any atom is 0.261 e. The number of imide groups is 1. The molecule has 34 heavy (non-hydrogen) atoms. The van der Waals surface area contributed by atoms with Gasteiger partial charge in [-0.2, -0.15) is 0 Å². The number of rotatable bonds is 7. The van der Waals surface area contributed by atoms with E-state index in [0.717, 1.165) is 5.69 Å². The van der Waals surface area contributed by atoms with Crippen LogP contribution in [0.3, 0.4) is 0 Å². The number of hydrogen-bond donors (Lipinski definition) is 0. The predicted molar refractivity (Wildman–Crippen MR) is 121 cm³/mol. The van der Waals surface area contributed by atoms with Gasteiger partial charge in [-0.1, -0.05) is 12.1 Å². The lowest BCUT2D eigenvalue weighted by molar-refractivity contribution is 0.0639. The molecule has 176 valence electrons. The highest BCUT2D eigenvalue weighted by molar-refractivity contribution is 6.21. The minimum atomic E-state index is -0.909. The van der Waals surface area contributed by atoms with Crippen molar-refractivity contribution in [1.82, 2.24) is 9.47 Å². The molecule has 4 rings (SSSR count). The predicted octanol–water partition coefficient (Wildman–Crippen LogP) is 2.70. The molecule has 1 aromatic heterocycles. The Morgan fingerprint density at radius 1 is 0.853 bits per heavy atom. The lowest BCUT2D eigenvalue weighted by Crippen LogP contribution is -2.33. The maximum absolute atomic E-state index is 13.0. The summed E-state index contributed by atoms with van der Waals surface area (Å²) in [7, 11) is 5.75. The molecule has 2 heterocycles. The third kappa shape index (κ3) is 3.34. The molecule has 1 aliphatic carbocycles. The van der Waals surface area contributed by atoms with Crippen LogP contribution in [0.2, 0.25) is 0 Å². The number of methoxy groups -OCH3 is 4. The van der Waals surface area contributed by atoms with Gasteiger partial charge in [0.25, 0.3) is 11.8 Å². The fraction of sp³-hybridized carbons (Fsp3) is 0.280. The normalized spacial score (nSPS) is 17.9. The Bertz CT molecular complexity index is 1260. The maximum atomic E-state index is 13.0. The summed E-state index contributed by atoms with van der Waals surface area (Å²) in [5.41, 5.74) is 2.65. The largest absolute Gasteiger partial charge is 0.492 e. The first-order valence-corrected chi connectivity index (χ1v) is 10.4. The number of aromatic nitrogens is 1. The summed E-state index contributed by atoms with van der Waals surface area (Å²) in [6.07, 6.45) is -0.909. The van der Waals surface area contributed by atoms with Gasteiger partial charge < -0.3 is 23.5 Å². The van der Waals surface area contributed by atoms with E-state index in [4.69, 9.17) is 18.9 Å². The van der Waals surface area contributed by atoms with Gasteiger partial charge in [0.2, 0.25) is 5.76 Å². The third-order valence-electron chi connectivity index (χ3n) is 5.95. The van der Waals surface area contributed by atoms with Crippen molar-refractivity contribution >= 4 is 23.5 Å². The number of fused-ring (bicyclic) bond motifs is 1. The molecule has 1 aromatic carbocycles. The zero-order chi connectivity index (χ0) is 24.6. The molecular weight excluding hydrogens is 440 g/mol. The van der Waals surface area contributed by atoms with Gasteiger partial charge in [-0.25, -0.2) is 4.79 Å². The van der Waals surface area contributed by atoms with Crippen LogP contribution in [-0.4, -0.2) is 61.8 Å². The van der Waals surface area contributed by atoms with E-state index in [1.165, 1.54) is 33.3 Å². The van der Waals surface area contributed by atoms with Gasteiger partial charge in [0, 0.05) is 18.5 Å². The van der Waals surface area contributed by atoms with E-state index in [1.807, 2.05) is 18.9 Å². The van der Waals surface area contributed by atoms with Gasteiger partial charge in [-0.05, 0) is 31.2 Å². The van der Waals surface area contributed by atoms with Gasteiger partial charge in [0.1, 0.15) is 23.3 Å². The molecule has 2 aromatic rings. The molecule has 1 aliphatic heterocycles. The van der Waals surface area contributed by atoms with Gasteiger partial charge in [-0.3, -0.25) is 14.5 Å². The van der Waals surface area contributed by atoms with E-state index >= 15 is 0 Å². The fourth-order valence-corrected chi connectivity index (χ4v) is 4.46. The minimum Gasteiger partial charge on any atom is -0.492 e. The Hall–Kier alpha value is -4.07. The molecule has 0 bridgehead atoms. The Kier molecular flexibility index (Phi) is 6.15. The van der Waals surface area contributed by atoms with Crippen LogP contribution in [0.4, 0.5) is 0 Å². The number of benzene rings is 1. The highest BCUT2D eigenvalue weighted by atomic mass is 16.5. The van der Waals surface area contributed by atoms with Crippen LogP contribution in [0.25, 0.3) is 5.70 Å². The van der Waals surface area contributed by atoms with Crippen LogP contribution < -0.4 is 0 Å². The summed E-state index contributed by atoms with van der Waals surface area (Å²) < 4.78 is 24.1. The number of ether oxygens (including phenoxy) is 4. The summed E-state index contributed by atoms with van der Waals surface area (Å²) in [5.74, 6) is 1.80. The smallest absolute Gasteiger partial charge is 0.261 e. The van der Waals surface area contributed by atoms with E-state index in [0.29, 0.717) is 22.5 Å². The van der Waals surface area contributed by atoms with Crippen molar-refractivity contribution in [3.8, 4) is 0 Å². The lowest BCUT2D eigenvalue weighted by Gasteiger charge is -2.31. The fourth-order valence-electron chi connectivity index (χ4n) is 4.46. The van der Waals surface area contributed by atoms with E-state index in [-0.39, 0.29) is 41.2 Å². The van der Waals surface area contributed by atoms with Crippen LogP contribution in [0.15, 0.2) is 59.2 Å². The summed E-state index contributed by atoms with van der Waals surface area (Å²) in [5, 5.41) is 0. The van der Waals surface area contributed by atoms with E-state index in [2.05, 4.69) is 0 Å². The van der Waals surface area contributed by atoms with Gasteiger partial charge in [0.15, 0.2) is 11.5 Å². The lowest BCUT2D eigenvalue weighted by atomic mass is 9.97. The summed E-state index contributed by atoms with van der Waals surface area (Å²) in [4.78, 5) is 39.1. The van der Waals surface area contributed by atoms with Gasteiger partial charge in [-0.15, -0.1) is 0 Å². The van der Waals surface area contributed by atoms with Crippen molar-refractivity contribution in [3.63, 3.8) is 0 Å². The summed E-state index contributed by atoms with van der Waals surface area (Å²) >= 11 is 0. The van der Waals surface area contributed by atoms with Gasteiger partial charge in [0.05, 0.1) is 39.0 Å². The molecule has 0 N–H and O–H groups in total. The van der Waals surface area contributed by atoms with Crippen LogP contribution in [0, 0.1) is 6.92 Å². The molecular formula is C25H24N2O7. The molecule has 9 heteroatoms. The van der Waals surface area contributed by atoms with Crippen LogP contribution >= 0.6 is 0 Å². The average Bonchev–Trinajstić information content (AvgIpc) is 3.34. The number of aryl methyl sites for hydroxylation is 1. The highest BCUT2D eigenvalue weighted by Crippen LogP contribution is 2.40. The number of carbonyl (C=O) groups is 2. The minimum absolute atomic E-state index is 0.000414. The van der Waals surface area contributed by atoms with Crippen molar-refractivity contribution < 1.29 is 33.3 Å². The molecule has 1 atom stereocenters. The SMILES string of the molecule is COC1=C(OC)C(OC)=C(n2c(C)ccc2CN2C(=O)c3ccccc3C2=O)C(OC)C1=C=O. The standard InChI is InChI=1S/C25H24N2O7/c1-14-10-11-15(12-26-24(29)16-8-6-7-9-17(16)25(26)30)27(14)19-20(31-2)18(13-28)21(32-3)23(34-5)22(19)33-4/h6-11,20H,12H2,1-5H3. The second-order valence-electron chi connectivity index (χ2n) is 7.66. The first-order valence-electron chi connectivity index (χ1n) is 10.4. The van der Waals surface area contributed by atoms with Crippen molar-refractivity contribution in [2.75, 3.05) is 28.4 Å². The van der Waals surface area contributed by atoms with Crippen LogP contribution in [-0.2, 0) is 30.3 Å². The molecule has 2 amide bonds. The molecule has 0 radical (unpaired) electrons. The van der Waals surface area contributed by atoms with E-state index < -0.39 is 6.10 Å². The van der Waals surface area contributed by atoms with Crippen LogP contribution in [0.5, 0.6) is 0 Å². The second kappa shape index (κ2) is 9.05. The number of nitrogens with zero attached hydrogens (tertiary/aromatic N) is 2. The van der Waals surface area contributed by atoms with Gasteiger partial charge >= 0.3 is 0 Å². The molecule has 0 fully saturated rings. The van der Waals surface area contributed by atoms with E-state index in [1.54, 1.807) is 34.9 Å². The molecule has 0 saturated carbocycles. The first kappa shape index (κ1) is 23.1. The van der Waals surface area contributed by atoms with Crippen molar-refractivity contribution in [3.05, 3.63) is 81.8 Å². The Labute approximate surface area is 196 Å². The van der Waals surface area contributed by atoms with Crippen molar-refractivity contribution in [2.24, 2.45) is 0 Å². The second-order valence-corrected chi connectivity index (χ2v) is 7.66. The zero-order valence-electron chi connectivity index (χ0n) is 19.5. The van der Waals surface area contributed by atoms with Crippen molar-refractivity contribution in [2.45, 2.75) is 19.6 Å². The topological polar surface area (TPSA) is 96.3 Å². The van der Waals surface area contributed by atoms with E-state index in [9.17, 15) is 14.4 Å². The Morgan fingerprint density at radius 2 is 1.44 bits per heavy atom. The first-order chi connectivity index (χ1) is 16.4. The molecule has 1 unspecified atom stereocenters. The highest BCUT2D eigenvalue weighted by Gasteiger charge is 2.41. The van der Waals surface area contributed by atoms with Crippen molar-refractivity contribution in [1.29, 1.82) is 0 Å². The Balaban J connectivity index is 1.88. The van der Waals surface area contributed by atoms with Crippen LogP contribution in [0.1, 0.15) is 32.1 Å². The summed E-state index contributed by atoms with van der Waals surface area (Å²) in [6, 6.07) is 10.4. The Morgan fingerprint density at radius 3 is 1.94 bits per heavy atom. The third-order valence-corrected chi connectivity index (χ3v) is 5.95. The quantitative estimate of drug-likeness (QED) is 0.459. The summed E-state index contributed by atoms with van der Waals surface area (Å²) in [6.45, 7) is 1.85.